The van der Waals surface area contributed by atoms with Gasteiger partial charge in [-0.2, -0.15) is 0 Å². The molecule has 1 amide bonds. The number of rotatable bonds is 7. The molecule has 0 fully saturated rings. The number of methoxy groups -OCH3 is 1. The van der Waals surface area contributed by atoms with Crippen molar-refractivity contribution in [2.24, 2.45) is 0 Å². The van der Waals surface area contributed by atoms with E-state index in [0.717, 1.165) is 22.6 Å². The van der Waals surface area contributed by atoms with Crippen LogP contribution in [0.3, 0.4) is 0 Å². The number of aromatic nitrogens is 1. The van der Waals surface area contributed by atoms with E-state index in [-0.39, 0.29) is 12.5 Å². The van der Waals surface area contributed by atoms with Gasteiger partial charge < -0.3 is 20.5 Å². The lowest BCUT2D eigenvalue weighted by Crippen LogP contribution is -2.31. The second-order valence-electron chi connectivity index (χ2n) is 5.96. The van der Waals surface area contributed by atoms with Gasteiger partial charge in [0.05, 0.1) is 19.8 Å². The van der Waals surface area contributed by atoms with Crippen molar-refractivity contribution in [3.8, 4) is 5.75 Å². The zero-order valence-electron chi connectivity index (χ0n) is 15.1. The molecule has 0 aliphatic rings. The van der Waals surface area contributed by atoms with E-state index >= 15 is 0 Å². The fourth-order valence-electron chi connectivity index (χ4n) is 2.66. The van der Waals surface area contributed by atoms with Crippen molar-refractivity contribution in [3.05, 3.63) is 70.7 Å². The number of thiazole rings is 1. The third-order valence-corrected chi connectivity index (χ3v) is 4.89. The maximum absolute atomic E-state index is 12.5. The van der Waals surface area contributed by atoms with E-state index in [1.807, 2.05) is 55.5 Å². The Kier molecular flexibility index (Phi) is 6.05. The molecule has 0 aliphatic heterocycles. The maximum atomic E-state index is 12.5. The normalized spacial score (nSPS) is 11.7. The zero-order valence-corrected chi connectivity index (χ0v) is 15.9. The number of carbonyl (C=O) groups is 1. The Labute approximate surface area is 161 Å². The second-order valence-corrected chi connectivity index (χ2v) is 6.81. The number of nitrogens with one attached hydrogen (secondary N) is 2. The van der Waals surface area contributed by atoms with Gasteiger partial charge in [-0.05, 0) is 42.3 Å². The summed E-state index contributed by atoms with van der Waals surface area (Å²) in [5, 5.41) is 18.0. The highest BCUT2D eigenvalue weighted by Crippen LogP contribution is 2.23. The number of aryl methyl sites for hydroxylation is 1. The Morgan fingerprint density at radius 1 is 1.22 bits per heavy atom. The number of benzene rings is 2. The van der Waals surface area contributed by atoms with Gasteiger partial charge in [0.1, 0.15) is 11.4 Å². The SMILES string of the molecule is COc1ccc(Nc2nc(C(=O)NC(CO)c3ccccc3C)cs2)cc1. The molecule has 1 aromatic heterocycles. The van der Waals surface area contributed by atoms with Crippen LogP contribution >= 0.6 is 11.3 Å². The van der Waals surface area contributed by atoms with Gasteiger partial charge in [0.2, 0.25) is 0 Å². The number of nitrogens with zero attached hydrogens (tertiary/aromatic N) is 1. The number of ether oxygens (including phenoxy) is 1. The molecule has 6 nitrogen and oxygen atoms in total. The molecule has 1 heterocycles. The first-order valence-electron chi connectivity index (χ1n) is 8.44. The predicted molar refractivity (Wildman–Crippen MR) is 107 cm³/mol. The van der Waals surface area contributed by atoms with Crippen molar-refractivity contribution in [2.75, 3.05) is 19.0 Å². The molecule has 3 N–H and O–H groups in total. The van der Waals surface area contributed by atoms with Crippen LogP contribution < -0.4 is 15.4 Å². The molecule has 0 aliphatic carbocycles. The van der Waals surface area contributed by atoms with Crippen molar-refractivity contribution in [2.45, 2.75) is 13.0 Å². The molecule has 1 unspecified atom stereocenters. The summed E-state index contributed by atoms with van der Waals surface area (Å²) in [7, 11) is 1.62. The molecule has 0 spiro atoms. The van der Waals surface area contributed by atoms with E-state index in [9.17, 15) is 9.90 Å². The number of carbonyl (C=O) groups excluding carboxylic acids is 1. The monoisotopic (exact) mass is 383 g/mol. The van der Waals surface area contributed by atoms with Crippen LogP contribution in [0.15, 0.2) is 53.9 Å². The minimum Gasteiger partial charge on any atom is -0.497 e. The number of hydrogen-bond acceptors (Lipinski definition) is 6. The minimum atomic E-state index is -0.474. The van der Waals surface area contributed by atoms with Gasteiger partial charge in [-0.3, -0.25) is 4.79 Å². The summed E-state index contributed by atoms with van der Waals surface area (Å²) in [6.45, 7) is 1.77. The Morgan fingerprint density at radius 3 is 2.63 bits per heavy atom. The molecule has 140 valence electrons. The average molecular weight is 383 g/mol. The summed E-state index contributed by atoms with van der Waals surface area (Å²) < 4.78 is 5.13. The van der Waals surface area contributed by atoms with Crippen LogP contribution in [0.2, 0.25) is 0 Å². The van der Waals surface area contributed by atoms with Crippen molar-refractivity contribution < 1.29 is 14.6 Å². The van der Waals surface area contributed by atoms with Gasteiger partial charge in [0.25, 0.3) is 5.91 Å². The van der Waals surface area contributed by atoms with Gasteiger partial charge in [-0.15, -0.1) is 11.3 Å². The number of amides is 1. The average Bonchev–Trinajstić information content (AvgIpc) is 3.16. The summed E-state index contributed by atoms with van der Waals surface area (Å²) >= 11 is 1.34. The highest BCUT2D eigenvalue weighted by molar-refractivity contribution is 7.14. The van der Waals surface area contributed by atoms with Crippen molar-refractivity contribution in [1.29, 1.82) is 0 Å². The van der Waals surface area contributed by atoms with Crippen molar-refractivity contribution in [3.63, 3.8) is 0 Å². The Bertz CT molecular complexity index is 909. The molecule has 2 aromatic carbocycles. The van der Waals surface area contributed by atoms with Gasteiger partial charge in [0.15, 0.2) is 5.13 Å². The molecule has 0 saturated heterocycles. The Hall–Kier alpha value is -2.90. The number of aliphatic hydroxyl groups is 1. The molecule has 27 heavy (non-hydrogen) atoms. The minimum absolute atomic E-state index is 0.183. The summed E-state index contributed by atoms with van der Waals surface area (Å²) in [6, 6.07) is 14.6. The van der Waals surface area contributed by atoms with Crippen LogP contribution in [0.4, 0.5) is 10.8 Å². The molecule has 1 atom stereocenters. The molecule has 7 heteroatoms. The zero-order chi connectivity index (χ0) is 19.2. The third kappa shape index (κ3) is 4.64. The van der Waals surface area contributed by atoms with E-state index < -0.39 is 6.04 Å². The maximum Gasteiger partial charge on any atom is 0.271 e. The van der Waals surface area contributed by atoms with Crippen molar-refractivity contribution in [1.82, 2.24) is 10.3 Å². The first-order valence-corrected chi connectivity index (χ1v) is 9.32. The van der Waals surface area contributed by atoms with Gasteiger partial charge in [-0.25, -0.2) is 4.98 Å². The molecule has 3 aromatic rings. The third-order valence-electron chi connectivity index (χ3n) is 4.13. The fourth-order valence-corrected chi connectivity index (χ4v) is 3.38. The lowest BCUT2D eigenvalue weighted by atomic mass is 10.0. The van der Waals surface area contributed by atoms with E-state index in [0.29, 0.717) is 10.8 Å². The smallest absolute Gasteiger partial charge is 0.271 e. The Morgan fingerprint density at radius 2 is 1.96 bits per heavy atom. The molecule has 3 rings (SSSR count). The first-order chi connectivity index (χ1) is 13.1. The first kappa shape index (κ1) is 18.9. The van der Waals surface area contributed by atoms with Crippen LogP contribution in [0.5, 0.6) is 5.75 Å². The van der Waals surface area contributed by atoms with Crippen LogP contribution in [-0.2, 0) is 0 Å². The Balaban J connectivity index is 1.67. The lowest BCUT2D eigenvalue weighted by molar-refractivity contribution is 0.0912. The lowest BCUT2D eigenvalue weighted by Gasteiger charge is -2.18. The summed E-state index contributed by atoms with van der Waals surface area (Å²) in [6.07, 6.45) is 0. The summed E-state index contributed by atoms with van der Waals surface area (Å²) in [5.74, 6) is 0.447. The highest BCUT2D eigenvalue weighted by atomic mass is 32.1. The van der Waals surface area contributed by atoms with E-state index in [1.165, 1.54) is 11.3 Å². The molecule has 0 radical (unpaired) electrons. The molecular weight excluding hydrogens is 362 g/mol. The van der Waals surface area contributed by atoms with E-state index in [1.54, 1.807) is 12.5 Å². The standard InChI is InChI=1S/C20H21N3O3S/c1-13-5-3-4-6-16(13)17(11-24)22-19(25)18-12-27-20(23-18)21-14-7-9-15(26-2)10-8-14/h3-10,12,17,24H,11H2,1-2H3,(H,21,23)(H,22,25). The van der Waals surface area contributed by atoms with E-state index in [4.69, 9.17) is 4.74 Å². The fraction of sp³-hybridized carbons (Fsp3) is 0.200. The largest absolute Gasteiger partial charge is 0.497 e. The van der Waals surface area contributed by atoms with E-state index in [2.05, 4.69) is 15.6 Å². The second kappa shape index (κ2) is 8.66. The van der Waals surface area contributed by atoms with Crippen molar-refractivity contribution >= 4 is 28.1 Å². The number of aliphatic hydroxyl groups excluding tert-OH is 1. The molecule has 0 bridgehead atoms. The van der Waals surface area contributed by atoms with Crippen LogP contribution in [0.25, 0.3) is 0 Å². The summed E-state index contributed by atoms with van der Waals surface area (Å²) in [5.41, 5.74) is 3.06. The predicted octanol–water partition coefficient (Wildman–Crippen LogP) is 3.67. The quantitative estimate of drug-likeness (QED) is 0.580. The number of hydrogen-bond donors (Lipinski definition) is 3. The number of anilines is 2. The summed E-state index contributed by atoms with van der Waals surface area (Å²) in [4.78, 5) is 16.9. The van der Waals surface area contributed by atoms with Gasteiger partial charge in [0, 0.05) is 11.1 Å². The molecule has 0 saturated carbocycles. The molecular formula is C20H21N3O3S. The topological polar surface area (TPSA) is 83.5 Å². The van der Waals surface area contributed by atoms with Gasteiger partial charge in [-0.1, -0.05) is 24.3 Å². The van der Waals surface area contributed by atoms with Crippen LogP contribution in [-0.4, -0.2) is 29.7 Å². The van der Waals surface area contributed by atoms with Crippen LogP contribution in [0.1, 0.15) is 27.7 Å². The highest BCUT2D eigenvalue weighted by Gasteiger charge is 2.18. The van der Waals surface area contributed by atoms with Gasteiger partial charge >= 0.3 is 0 Å². The van der Waals surface area contributed by atoms with Crippen LogP contribution in [0, 0.1) is 6.92 Å².